The van der Waals surface area contributed by atoms with Crippen LogP contribution in [0, 0.1) is 5.92 Å². The molecule has 1 N–H and O–H groups in total. The van der Waals surface area contributed by atoms with Crippen molar-refractivity contribution in [3.8, 4) is 5.69 Å². The lowest BCUT2D eigenvalue weighted by atomic mass is 10.00. The highest BCUT2D eigenvalue weighted by Crippen LogP contribution is 2.34. The molecule has 0 unspecified atom stereocenters. The van der Waals surface area contributed by atoms with E-state index in [1.807, 2.05) is 53.8 Å². The maximum absolute atomic E-state index is 13.7. The quantitative estimate of drug-likeness (QED) is 0.307. The maximum atomic E-state index is 13.7. The fraction of sp³-hybridized carbons (Fsp3) is 0.433. The van der Waals surface area contributed by atoms with Crippen molar-refractivity contribution in [2.75, 3.05) is 13.2 Å². The van der Waals surface area contributed by atoms with Crippen molar-refractivity contribution in [3.05, 3.63) is 60.0 Å². The van der Waals surface area contributed by atoms with E-state index in [0.29, 0.717) is 18.7 Å². The molecule has 206 valence electrons. The van der Waals surface area contributed by atoms with Gasteiger partial charge in [0.25, 0.3) is 0 Å². The van der Waals surface area contributed by atoms with Gasteiger partial charge in [-0.05, 0) is 55.5 Å². The number of aromatic nitrogens is 2. The van der Waals surface area contributed by atoms with Gasteiger partial charge in [-0.25, -0.2) is 4.79 Å². The summed E-state index contributed by atoms with van der Waals surface area (Å²) in [5, 5.41) is 3.59. The number of benzene rings is 1. The SMILES string of the molecule is CCOC(=O)c1cccc2c1ccn2-c1cncc([C@@H]2CCCN2C(=O)[C@@H](NC(=O)CC(=O)CC)C(C)C)c1. The van der Waals surface area contributed by atoms with Crippen LogP contribution >= 0.6 is 0 Å². The molecule has 1 saturated heterocycles. The number of ether oxygens (including phenoxy) is 1. The largest absolute Gasteiger partial charge is 0.462 e. The number of hydrogen-bond acceptors (Lipinski definition) is 6. The van der Waals surface area contributed by atoms with Crippen LogP contribution in [0.2, 0.25) is 0 Å². The molecule has 39 heavy (non-hydrogen) atoms. The Labute approximate surface area is 228 Å². The standard InChI is InChI=1S/C30H36N4O5/c1-5-22(35)16-27(36)32-28(19(3)4)29(37)34-13-8-11-25(34)20-15-21(18-31-17-20)33-14-12-23-24(30(38)39-6-2)9-7-10-26(23)33/h7,9-10,12,14-15,17-19,25,28H,5-6,8,11,13,16H2,1-4H3,(H,32,36)/t25-,28-/m0/s1. The molecule has 1 aromatic carbocycles. The van der Waals surface area contributed by atoms with Crippen molar-refractivity contribution < 1.29 is 23.9 Å². The summed E-state index contributed by atoms with van der Waals surface area (Å²) in [7, 11) is 0. The monoisotopic (exact) mass is 532 g/mol. The van der Waals surface area contributed by atoms with Crippen LogP contribution in [0.4, 0.5) is 0 Å². The smallest absolute Gasteiger partial charge is 0.338 e. The Balaban J connectivity index is 1.60. The molecule has 0 saturated carbocycles. The number of nitrogens with zero attached hydrogens (tertiary/aromatic N) is 3. The third-order valence-corrected chi connectivity index (χ3v) is 7.17. The minimum absolute atomic E-state index is 0.135. The molecule has 4 rings (SSSR count). The summed E-state index contributed by atoms with van der Waals surface area (Å²) < 4.78 is 7.19. The van der Waals surface area contributed by atoms with Gasteiger partial charge in [0.15, 0.2) is 0 Å². The lowest BCUT2D eigenvalue weighted by molar-refractivity contribution is -0.139. The average molecular weight is 533 g/mol. The molecule has 0 spiro atoms. The molecular formula is C30H36N4O5. The van der Waals surface area contributed by atoms with Crippen molar-refractivity contribution in [1.82, 2.24) is 19.8 Å². The third-order valence-electron chi connectivity index (χ3n) is 7.17. The van der Waals surface area contributed by atoms with E-state index in [0.717, 1.165) is 35.0 Å². The number of fused-ring (bicyclic) bond motifs is 1. The fourth-order valence-corrected chi connectivity index (χ4v) is 5.14. The Hall–Kier alpha value is -4.01. The second-order valence-electron chi connectivity index (χ2n) is 10.2. The summed E-state index contributed by atoms with van der Waals surface area (Å²) in [6.45, 7) is 8.15. The molecule has 9 heteroatoms. The maximum Gasteiger partial charge on any atom is 0.338 e. The molecule has 3 aromatic rings. The molecule has 9 nitrogen and oxygen atoms in total. The molecule has 1 aliphatic rings. The van der Waals surface area contributed by atoms with Crippen LogP contribution in [0.15, 0.2) is 48.9 Å². The Morgan fingerprint density at radius 1 is 1.13 bits per heavy atom. The molecule has 2 aromatic heterocycles. The number of rotatable bonds is 10. The zero-order valence-corrected chi connectivity index (χ0v) is 23.0. The number of esters is 1. The first-order valence-electron chi connectivity index (χ1n) is 13.6. The fourth-order valence-electron chi connectivity index (χ4n) is 5.14. The van der Waals surface area contributed by atoms with Gasteiger partial charge in [-0.1, -0.05) is 26.8 Å². The van der Waals surface area contributed by atoms with Gasteiger partial charge in [-0.15, -0.1) is 0 Å². The van der Waals surface area contributed by atoms with E-state index in [1.54, 1.807) is 32.3 Å². The number of amides is 2. The first kappa shape index (κ1) is 28.0. The molecule has 2 atom stereocenters. The van der Waals surface area contributed by atoms with Crippen molar-refractivity contribution >= 4 is 34.5 Å². The average Bonchev–Trinajstić information content (AvgIpc) is 3.59. The van der Waals surface area contributed by atoms with Crippen LogP contribution in [-0.2, 0) is 19.1 Å². The van der Waals surface area contributed by atoms with Crippen molar-refractivity contribution in [2.24, 2.45) is 5.92 Å². The molecule has 3 heterocycles. The second-order valence-corrected chi connectivity index (χ2v) is 10.2. The van der Waals surface area contributed by atoms with E-state index >= 15 is 0 Å². The van der Waals surface area contributed by atoms with Gasteiger partial charge in [0.05, 0.1) is 42.0 Å². The van der Waals surface area contributed by atoms with Crippen LogP contribution < -0.4 is 5.32 Å². The van der Waals surface area contributed by atoms with E-state index in [2.05, 4.69) is 10.3 Å². The summed E-state index contributed by atoms with van der Waals surface area (Å²) >= 11 is 0. The summed E-state index contributed by atoms with van der Waals surface area (Å²) in [4.78, 5) is 56.6. The van der Waals surface area contributed by atoms with Gasteiger partial charge in [0.2, 0.25) is 11.8 Å². The number of likely N-dealkylation sites (tertiary alicyclic amines) is 1. The molecule has 0 bridgehead atoms. The molecule has 1 fully saturated rings. The molecular weight excluding hydrogens is 496 g/mol. The topological polar surface area (TPSA) is 111 Å². The highest BCUT2D eigenvalue weighted by atomic mass is 16.5. The second kappa shape index (κ2) is 12.2. The van der Waals surface area contributed by atoms with Gasteiger partial charge in [0, 0.05) is 30.7 Å². The predicted molar refractivity (Wildman–Crippen MR) is 147 cm³/mol. The summed E-state index contributed by atoms with van der Waals surface area (Å²) in [5.41, 5.74) is 3.07. The van der Waals surface area contributed by atoms with E-state index in [4.69, 9.17) is 4.74 Å². The van der Waals surface area contributed by atoms with Gasteiger partial charge in [0.1, 0.15) is 11.8 Å². The summed E-state index contributed by atoms with van der Waals surface area (Å²) in [6.07, 6.45) is 7.11. The number of Topliss-reactive ketones (excluding diaryl/α,β-unsaturated/α-hetero) is 1. The van der Waals surface area contributed by atoms with E-state index in [9.17, 15) is 19.2 Å². The molecule has 0 radical (unpaired) electrons. The third kappa shape index (κ3) is 6.02. The minimum Gasteiger partial charge on any atom is -0.462 e. The zero-order chi connectivity index (χ0) is 28.1. The summed E-state index contributed by atoms with van der Waals surface area (Å²) in [6, 6.07) is 8.53. The number of carbonyl (C=O) groups is 4. The van der Waals surface area contributed by atoms with Crippen LogP contribution in [-0.4, -0.2) is 57.2 Å². The zero-order valence-electron chi connectivity index (χ0n) is 23.0. The van der Waals surface area contributed by atoms with Crippen LogP contribution in [0.5, 0.6) is 0 Å². The van der Waals surface area contributed by atoms with E-state index < -0.39 is 11.9 Å². The Morgan fingerprint density at radius 3 is 2.64 bits per heavy atom. The summed E-state index contributed by atoms with van der Waals surface area (Å²) in [5.74, 6) is -1.23. The predicted octanol–water partition coefficient (Wildman–Crippen LogP) is 4.38. The van der Waals surface area contributed by atoms with Gasteiger partial charge >= 0.3 is 5.97 Å². The normalized spacial score (nSPS) is 15.9. The number of nitrogens with one attached hydrogen (secondary N) is 1. The van der Waals surface area contributed by atoms with Crippen LogP contribution in [0.3, 0.4) is 0 Å². The minimum atomic E-state index is -0.714. The highest BCUT2D eigenvalue weighted by Gasteiger charge is 2.36. The van der Waals surface area contributed by atoms with E-state index in [-0.39, 0.29) is 42.5 Å². The number of carbonyl (C=O) groups excluding carboxylic acids is 4. The van der Waals surface area contributed by atoms with E-state index in [1.165, 1.54) is 0 Å². The Morgan fingerprint density at radius 2 is 1.92 bits per heavy atom. The van der Waals surface area contributed by atoms with Crippen molar-refractivity contribution in [2.45, 2.75) is 65.5 Å². The highest BCUT2D eigenvalue weighted by molar-refractivity contribution is 6.04. The first-order valence-corrected chi connectivity index (χ1v) is 13.6. The molecule has 0 aliphatic carbocycles. The van der Waals surface area contributed by atoms with Gasteiger partial charge < -0.3 is 19.5 Å². The van der Waals surface area contributed by atoms with Crippen molar-refractivity contribution in [3.63, 3.8) is 0 Å². The Bertz CT molecular complexity index is 1380. The number of ketones is 1. The molecule has 2 amide bonds. The number of hydrogen-bond donors (Lipinski definition) is 1. The Kier molecular flexibility index (Phi) is 8.79. The lowest BCUT2D eigenvalue weighted by Crippen LogP contribution is -2.51. The first-order chi connectivity index (χ1) is 18.7. The lowest BCUT2D eigenvalue weighted by Gasteiger charge is -2.31. The van der Waals surface area contributed by atoms with Gasteiger partial charge in [-0.2, -0.15) is 0 Å². The van der Waals surface area contributed by atoms with Gasteiger partial charge in [-0.3, -0.25) is 19.4 Å². The molecule has 1 aliphatic heterocycles. The number of pyridine rings is 1. The van der Waals surface area contributed by atoms with Crippen LogP contribution in [0.1, 0.15) is 75.3 Å². The van der Waals surface area contributed by atoms with Crippen molar-refractivity contribution in [1.29, 1.82) is 0 Å². The van der Waals surface area contributed by atoms with Crippen LogP contribution in [0.25, 0.3) is 16.6 Å².